The molecule has 1 aliphatic carbocycles. The van der Waals surface area contributed by atoms with Gasteiger partial charge in [0.25, 0.3) is 5.91 Å². The molecule has 1 aliphatic heterocycles. The van der Waals surface area contributed by atoms with Gasteiger partial charge in [-0.05, 0) is 61.8 Å². The van der Waals surface area contributed by atoms with Gasteiger partial charge in [-0.2, -0.15) is 0 Å². The van der Waals surface area contributed by atoms with Crippen molar-refractivity contribution in [3.63, 3.8) is 0 Å². The van der Waals surface area contributed by atoms with E-state index in [4.69, 9.17) is 4.98 Å². The zero-order valence-electron chi connectivity index (χ0n) is 17.9. The molecule has 4 aromatic rings. The summed E-state index contributed by atoms with van der Waals surface area (Å²) in [6.45, 7) is 3.85. The van der Waals surface area contributed by atoms with Crippen molar-refractivity contribution in [1.29, 1.82) is 0 Å². The van der Waals surface area contributed by atoms with Crippen LogP contribution >= 0.6 is 0 Å². The number of aromatic nitrogens is 3. The summed E-state index contributed by atoms with van der Waals surface area (Å²) in [6.07, 6.45) is 5.46. The largest absolute Gasteiger partial charge is 0.358 e. The molecule has 2 unspecified atom stereocenters. The van der Waals surface area contributed by atoms with Crippen molar-refractivity contribution >= 4 is 27.8 Å². The number of hydrogen-bond acceptors (Lipinski definition) is 2. The molecule has 0 spiro atoms. The number of aromatic amines is 2. The number of carbonyl (C=O) groups is 1. The number of para-hydroxylation sites is 3. The molecular formula is C26H28N4O. The predicted octanol–water partition coefficient (Wildman–Crippen LogP) is 5.19. The number of nitrogens with zero attached hydrogens (tertiary/aromatic N) is 2. The average molecular weight is 413 g/mol. The first kappa shape index (κ1) is 18.7. The van der Waals surface area contributed by atoms with E-state index < -0.39 is 0 Å². The van der Waals surface area contributed by atoms with Crippen molar-refractivity contribution in [3.05, 3.63) is 65.1 Å². The highest BCUT2D eigenvalue weighted by atomic mass is 16.2. The first-order chi connectivity index (χ1) is 15.2. The van der Waals surface area contributed by atoms with Crippen LogP contribution in [0.25, 0.3) is 21.9 Å². The Kier molecular flexibility index (Phi) is 4.37. The van der Waals surface area contributed by atoms with Gasteiger partial charge in [-0.3, -0.25) is 4.79 Å². The minimum absolute atomic E-state index is 0.137. The average Bonchev–Trinajstić information content (AvgIpc) is 3.40. The summed E-state index contributed by atoms with van der Waals surface area (Å²) in [5, 5.41) is 1.23. The molecule has 31 heavy (non-hydrogen) atoms. The molecule has 0 saturated carbocycles. The highest BCUT2D eigenvalue weighted by Crippen LogP contribution is 2.34. The van der Waals surface area contributed by atoms with Crippen LogP contribution < -0.4 is 0 Å². The number of likely N-dealkylation sites (tertiary alicyclic amines) is 1. The molecule has 158 valence electrons. The fourth-order valence-corrected chi connectivity index (χ4v) is 5.51. The SMILES string of the molecule is CC1CCc2[nH]c3c(C(=O)N4CCCC(c5nc6ccccc6[nH]5)C4)cccc3c2C1. The molecule has 1 fully saturated rings. The van der Waals surface area contributed by atoms with Gasteiger partial charge in [0, 0.05) is 30.1 Å². The molecule has 5 nitrogen and oxygen atoms in total. The van der Waals surface area contributed by atoms with Crippen molar-refractivity contribution in [2.24, 2.45) is 5.92 Å². The van der Waals surface area contributed by atoms with Crippen LogP contribution in [-0.4, -0.2) is 38.8 Å². The lowest BCUT2D eigenvalue weighted by Crippen LogP contribution is -2.39. The number of fused-ring (bicyclic) bond motifs is 4. The summed E-state index contributed by atoms with van der Waals surface area (Å²) in [5.41, 5.74) is 6.64. The number of imidazole rings is 1. The van der Waals surface area contributed by atoms with Gasteiger partial charge >= 0.3 is 0 Å². The molecule has 2 aliphatic rings. The van der Waals surface area contributed by atoms with Gasteiger partial charge in [0.1, 0.15) is 5.82 Å². The van der Waals surface area contributed by atoms with E-state index in [0.717, 1.165) is 60.2 Å². The number of piperidine rings is 1. The second-order valence-corrected chi connectivity index (χ2v) is 9.39. The van der Waals surface area contributed by atoms with Crippen molar-refractivity contribution in [1.82, 2.24) is 19.9 Å². The van der Waals surface area contributed by atoms with E-state index in [2.05, 4.69) is 29.0 Å². The molecule has 5 heteroatoms. The number of benzene rings is 2. The number of hydrogen-bond donors (Lipinski definition) is 2. The highest BCUT2D eigenvalue weighted by Gasteiger charge is 2.29. The van der Waals surface area contributed by atoms with Crippen LogP contribution in [0.15, 0.2) is 42.5 Å². The van der Waals surface area contributed by atoms with Crippen LogP contribution in [0.5, 0.6) is 0 Å². The zero-order valence-corrected chi connectivity index (χ0v) is 17.9. The second kappa shape index (κ2) is 7.26. The van der Waals surface area contributed by atoms with E-state index in [1.54, 1.807) is 0 Å². The standard InChI is InChI=1S/C26H28N4O/c1-16-11-12-21-20(14-16)18-7-4-8-19(24(18)27-21)26(31)30-13-5-6-17(15-30)25-28-22-9-2-3-10-23(22)29-25/h2-4,7-10,16-17,27H,5-6,11-15H2,1H3,(H,28,29). The Morgan fingerprint density at radius 1 is 1.10 bits per heavy atom. The molecule has 2 aromatic heterocycles. The fraction of sp³-hybridized carbons (Fsp3) is 0.385. The van der Waals surface area contributed by atoms with E-state index in [9.17, 15) is 4.79 Å². The fourth-order valence-electron chi connectivity index (χ4n) is 5.51. The van der Waals surface area contributed by atoms with Crippen molar-refractivity contribution in [2.75, 3.05) is 13.1 Å². The van der Waals surface area contributed by atoms with Gasteiger partial charge in [0.15, 0.2) is 0 Å². The Labute approximate surface area is 181 Å². The monoisotopic (exact) mass is 412 g/mol. The number of amides is 1. The second-order valence-electron chi connectivity index (χ2n) is 9.39. The molecule has 2 N–H and O–H groups in total. The third-order valence-corrected chi connectivity index (χ3v) is 7.20. The van der Waals surface area contributed by atoms with Crippen LogP contribution in [0, 0.1) is 5.92 Å². The number of H-pyrrole nitrogens is 2. The lowest BCUT2D eigenvalue weighted by atomic mass is 9.87. The van der Waals surface area contributed by atoms with Gasteiger partial charge in [0.2, 0.25) is 0 Å². The number of aryl methyl sites for hydroxylation is 1. The lowest BCUT2D eigenvalue weighted by molar-refractivity contribution is 0.0706. The smallest absolute Gasteiger partial charge is 0.256 e. The zero-order chi connectivity index (χ0) is 20.9. The van der Waals surface area contributed by atoms with Crippen molar-refractivity contribution in [2.45, 2.75) is 44.9 Å². The first-order valence-corrected chi connectivity index (χ1v) is 11.5. The third kappa shape index (κ3) is 3.14. The maximum Gasteiger partial charge on any atom is 0.256 e. The molecule has 6 rings (SSSR count). The van der Waals surface area contributed by atoms with E-state index in [1.807, 2.05) is 35.2 Å². The summed E-state index contributed by atoms with van der Waals surface area (Å²) in [7, 11) is 0. The number of nitrogens with one attached hydrogen (secondary N) is 2. The predicted molar refractivity (Wildman–Crippen MR) is 123 cm³/mol. The quantitative estimate of drug-likeness (QED) is 0.476. The number of carbonyl (C=O) groups excluding carboxylic acids is 1. The van der Waals surface area contributed by atoms with Gasteiger partial charge < -0.3 is 14.9 Å². The maximum absolute atomic E-state index is 13.6. The van der Waals surface area contributed by atoms with Gasteiger partial charge in [-0.25, -0.2) is 4.98 Å². The summed E-state index contributed by atoms with van der Waals surface area (Å²) in [4.78, 5) is 27.5. The molecule has 0 bridgehead atoms. The van der Waals surface area contributed by atoms with Crippen LogP contribution in [0.2, 0.25) is 0 Å². The summed E-state index contributed by atoms with van der Waals surface area (Å²) in [5.74, 6) is 2.10. The molecule has 1 amide bonds. The Morgan fingerprint density at radius 3 is 2.90 bits per heavy atom. The van der Waals surface area contributed by atoms with Crippen LogP contribution in [0.3, 0.4) is 0 Å². The minimum Gasteiger partial charge on any atom is -0.358 e. The lowest BCUT2D eigenvalue weighted by Gasteiger charge is -2.32. The summed E-state index contributed by atoms with van der Waals surface area (Å²) in [6, 6.07) is 14.3. The maximum atomic E-state index is 13.6. The molecule has 2 atom stereocenters. The van der Waals surface area contributed by atoms with Crippen LogP contribution in [0.1, 0.15) is 59.5 Å². The molecule has 3 heterocycles. The van der Waals surface area contributed by atoms with Gasteiger partial charge in [-0.1, -0.05) is 31.2 Å². The Hall–Kier alpha value is -3.08. The molecule has 0 radical (unpaired) electrons. The van der Waals surface area contributed by atoms with E-state index in [1.165, 1.54) is 23.1 Å². The first-order valence-electron chi connectivity index (χ1n) is 11.5. The molecule has 2 aromatic carbocycles. The van der Waals surface area contributed by atoms with E-state index >= 15 is 0 Å². The summed E-state index contributed by atoms with van der Waals surface area (Å²) < 4.78 is 0. The minimum atomic E-state index is 0.137. The van der Waals surface area contributed by atoms with Gasteiger partial charge in [0.05, 0.1) is 22.1 Å². The van der Waals surface area contributed by atoms with Crippen molar-refractivity contribution < 1.29 is 4.79 Å². The third-order valence-electron chi connectivity index (χ3n) is 7.20. The molecular weight excluding hydrogens is 384 g/mol. The highest BCUT2D eigenvalue weighted by molar-refractivity contribution is 6.07. The Balaban J connectivity index is 1.31. The topological polar surface area (TPSA) is 64.8 Å². The van der Waals surface area contributed by atoms with E-state index in [-0.39, 0.29) is 11.8 Å². The Bertz CT molecular complexity index is 1250. The normalized spacial score (nSPS) is 21.5. The number of rotatable bonds is 2. The van der Waals surface area contributed by atoms with Crippen LogP contribution in [-0.2, 0) is 12.8 Å². The summed E-state index contributed by atoms with van der Waals surface area (Å²) >= 11 is 0. The van der Waals surface area contributed by atoms with E-state index in [0.29, 0.717) is 12.5 Å². The van der Waals surface area contributed by atoms with Gasteiger partial charge in [-0.15, -0.1) is 0 Å². The molecule has 1 saturated heterocycles. The van der Waals surface area contributed by atoms with Crippen molar-refractivity contribution in [3.8, 4) is 0 Å². The Morgan fingerprint density at radius 2 is 2.00 bits per heavy atom. The van der Waals surface area contributed by atoms with Crippen LogP contribution in [0.4, 0.5) is 0 Å².